The summed E-state index contributed by atoms with van der Waals surface area (Å²) in [6, 6.07) is 23.9. The van der Waals surface area contributed by atoms with E-state index < -0.39 is 29.3 Å². The molecule has 0 atom stereocenters. The van der Waals surface area contributed by atoms with Crippen LogP contribution in [0, 0.1) is 6.92 Å². The second-order valence-corrected chi connectivity index (χ2v) is 10.3. The number of benzene rings is 5. The standard InChI is InChI=1S/C34H26F3N5O4/c1-19-11-12-22(32(45)40-28-10-6-5-9-27(28)34(35,36)37)18-29(19)41-42-30-25-8-4-3-7-21(25)17-26(31(30)44)33(46)39-24-15-13-23(14-16-24)38-20(2)43/h3-18,44H,1-2H3,(H,38,43)(H,39,46)(H,40,45). The van der Waals surface area contributed by atoms with Gasteiger partial charge in [0, 0.05) is 29.2 Å². The molecule has 46 heavy (non-hydrogen) atoms. The van der Waals surface area contributed by atoms with E-state index in [1.807, 2.05) is 0 Å². The van der Waals surface area contributed by atoms with E-state index in [0.717, 1.165) is 12.1 Å². The van der Waals surface area contributed by atoms with Crippen LogP contribution < -0.4 is 16.0 Å². The monoisotopic (exact) mass is 625 g/mol. The highest BCUT2D eigenvalue weighted by Crippen LogP contribution is 2.40. The van der Waals surface area contributed by atoms with Gasteiger partial charge in [0.15, 0.2) is 5.75 Å². The van der Waals surface area contributed by atoms with Gasteiger partial charge in [0.05, 0.1) is 22.5 Å². The van der Waals surface area contributed by atoms with E-state index in [4.69, 9.17) is 0 Å². The number of rotatable bonds is 7. The number of carbonyl (C=O) groups excluding carboxylic acids is 3. The van der Waals surface area contributed by atoms with Crippen molar-refractivity contribution in [1.29, 1.82) is 0 Å². The summed E-state index contributed by atoms with van der Waals surface area (Å²) >= 11 is 0. The minimum atomic E-state index is -4.66. The highest BCUT2D eigenvalue weighted by atomic mass is 19.4. The van der Waals surface area contributed by atoms with Crippen molar-refractivity contribution in [3.63, 3.8) is 0 Å². The molecule has 0 bridgehead atoms. The van der Waals surface area contributed by atoms with Crippen molar-refractivity contribution in [3.8, 4) is 5.75 Å². The Morgan fingerprint density at radius 3 is 2.09 bits per heavy atom. The topological polar surface area (TPSA) is 132 Å². The molecule has 0 unspecified atom stereocenters. The molecular weight excluding hydrogens is 599 g/mol. The van der Waals surface area contributed by atoms with Gasteiger partial charge in [-0.05, 0) is 72.5 Å². The first-order valence-electron chi connectivity index (χ1n) is 13.8. The molecule has 5 rings (SSSR count). The molecule has 0 heterocycles. The average Bonchev–Trinajstić information content (AvgIpc) is 3.01. The van der Waals surface area contributed by atoms with Gasteiger partial charge in [-0.1, -0.05) is 42.5 Å². The average molecular weight is 626 g/mol. The van der Waals surface area contributed by atoms with E-state index in [1.165, 1.54) is 37.3 Å². The number of hydrogen-bond donors (Lipinski definition) is 4. The number of anilines is 3. The van der Waals surface area contributed by atoms with E-state index in [1.54, 1.807) is 61.5 Å². The van der Waals surface area contributed by atoms with Crippen LogP contribution >= 0.6 is 0 Å². The number of aromatic hydroxyl groups is 1. The zero-order valence-electron chi connectivity index (χ0n) is 24.4. The van der Waals surface area contributed by atoms with Crippen molar-refractivity contribution < 1.29 is 32.7 Å². The fourth-order valence-corrected chi connectivity index (χ4v) is 4.63. The van der Waals surface area contributed by atoms with Crippen molar-refractivity contribution in [2.75, 3.05) is 16.0 Å². The first kappa shape index (κ1) is 31.4. The van der Waals surface area contributed by atoms with Crippen LogP contribution in [0.4, 0.5) is 41.6 Å². The summed E-state index contributed by atoms with van der Waals surface area (Å²) < 4.78 is 40.3. The molecule has 5 aromatic carbocycles. The number of halogens is 3. The van der Waals surface area contributed by atoms with Crippen LogP contribution in [-0.2, 0) is 11.0 Å². The summed E-state index contributed by atoms with van der Waals surface area (Å²) in [5, 5.41) is 28.5. The molecule has 232 valence electrons. The van der Waals surface area contributed by atoms with Gasteiger partial charge in [-0.2, -0.15) is 18.3 Å². The zero-order valence-corrected chi connectivity index (χ0v) is 24.4. The molecule has 5 aromatic rings. The maximum atomic E-state index is 13.4. The van der Waals surface area contributed by atoms with Gasteiger partial charge in [0.1, 0.15) is 5.69 Å². The molecule has 0 fully saturated rings. The second kappa shape index (κ2) is 12.9. The number of amides is 3. The molecule has 0 aromatic heterocycles. The van der Waals surface area contributed by atoms with Crippen molar-refractivity contribution in [2.24, 2.45) is 10.2 Å². The summed E-state index contributed by atoms with van der Waals surface area (Å²) in [6.45, 7) is 3.08. The number of fused-ring (bicyclic) bond motifs is 1. The number of phenols is 1. The SMILES string of the molecule is CC(=O)Nc1ccc(NC(=O)c2cc3ccccc3c(N=Nc3cc(C(=O)Nc4ccccc4C(F)(F)F)ccc3C)c2O)cc1. The minimum Gasteiger partial charge on any atom is -0.505 e. The van der Waals surface area contributed by atoms with E-state index in [2.05, 4.69) is 26.2 Å². The van der Waals surface area contributed by atoms with Crippen molar-refractivity contribution in [2.45, 2.75) is 20.0 Å². The maximum absolute atomic E-state index is 13.4. The van der Waals surface area contributed by atoms with Crippen LogP contribution in [-0.4, -0.2) is 22.8 Å². The van der Waals surface area contributed by atoms with Crippen LogP contribution in [0.1, 0.15) is 38.8 Å². The molecule has 9 nitrogen and oxygen atoms in total. The Labute approximate surface area is 260 Å². The van der Waals surface area contributed by atoms with Gasteiger partial charge in [-0.15, -0.1) is 5.11 Å². The van der Waals surface area contributed by atoms with Gasteiger partial charge < -0.3 is 21.1 Å². The number of aryl methyl sites for hydroxylation is 1. The summed E-state index contributed by atoms with van der Waals surface area (Å²) in [4.78, 5) is 37.5. The summed E-state index contributed by atoms with van der Waals surface area (Å²) in [5.41, 5.74) is 0.351. The molecule has 0 spiro atoms. The lowest BCUT2D eigenvalue weighted by Gasteiger charge is -2.14. The molecule has 4 N–H and O–H groups in total. The molecular formula is C34H26F3N5O4. The van der Waals surface area contributed by atoms with Gasteiger partial charge in [0.2, 0.25) is 5.91 Å². The lowest BCUT2D eigenvalue weighted by Crippen LogP contribution is -2.16. The minimum absolute atomic E-state index is 0.00221. The third kappa shape index (κ3) is 7.02. The van der Waals surface area contributed by atoms with Gasteiger partial charge in [-0.3, -0.25) is 14.4 Å². The molecule has 12 heteroatoms. The predicted molar refractivity (Wildman–Crippen MR) is 169 cm³/mol. The Morgan fingerprint density at radius 2 is 1.39 bits per heavy atom. The van der Waals surface area contributed by atoms with Gasteiger partial charge >= 0.3 is 6.18 Å². The van der Waals surface area contributed by atoms with Gasteiger partial charge in [-0.25, -0.2) is 0 Å². The number of nitrogens with zero attached hydrogens (tertiary/aromatic N) is 2. The summed E-state index contributed by atoms with van der Waals surface area (Å²) in [5.74, 6) is -2.09. The highest BCUT2D eigenvalue weighted by molar-refractivity contribution is 6.12. The zero-order chi connectivity index (χ0) is 33.0. The Morgan fingerprint density at radius 1 is 0.739 bits per heavy atom. The number of alkyl halides is 3. The van der Waals surface area contributed by atoms with Crippen LogP contribution in [0.2, 0.25) is 0 Å². The van der Waals surface area contributed by atoms with E-state index in [9.17, 15) is 32.7 Å². The normalized spacial score (nSPS) is 11.4. The first-order chi connectivity index (χ1) is 21.9. The van der Waals surface area contributed by atoms with Crippen molar-refractivity contribution in [1.82, 2.24) is 0 Å². The van der Waals surface area contributed by atoms with Gasteiger partial charge in [0.25, 0.3) is 11.8 Å². The van der Waals surface area contributed by atoms with E-state index in [-0.39, 0.29) is 34.1 Å². The first-order valence-corrected chi connectivity index (χ1v) is 13.8. The maximum Gasteiger partial charge on any atom is 0.418 e. The van der Waals surface area contributed by atoms with Crippen LogP contribution in [0.3, 0.4) is 0 Å². The summed E-state index contributed by atoms with van der Waals surface area (Å²) in [7, 11) is 0. The lowest BCUT2D eigenvalue weighted by atomic mass is 10.0. The number of carbonyl (C=O) groups is 3. The third-order valence-electron chi connectivity index (χ3n) is 6.91. The third-order valence-corrected chi connectivity index (χ3v) is 6.91. The van der Waals surface area contributed by atoms with Crippen LogP contribution in [0.5, 0.6) is 5.75 Å². The Balaban J connectivity index is 1.45. The van der Waals surface area contributed by atoms with E-state index >= 15 is 0 Å². The van der Waals surface area contributed by atoms with Crippen molar-refractivity contribution >= 4 is 56.9 Å². The molecule has 0 radical (unpaired) electrons. The fraction of sp³-hybridized carbons (Fsp3) is 0.0882. The Kier molecular flexibility index (Phi) is 8.80. The number of hydrogen-bond acceptors (Lipinski definition) is 6. The smallest absolute Gasteiger partial charge is 0.418 e. The van der Waals surface area contributed by atoms with E-state index in [0.29, 0.717) is 27.7 Å². The van der Waals surface area contributed by atoms with Crippen LogP contribution in [0.25, 0.3) is 10.8 Å². The Hall–Kier alpha value is -6.04. The summed E-state index contributed by atoms with van der Waals surface area (Å²) in [6.07, 6.45) is -4.66. The quantitative estimate of drug-likeness (QED) is 0.135. The number of para-hydroxylation sites is 1. The predicted octanol–water partition coefficient (Wildman–Crippen LogP) is 8.75. The fourth-order valence-electron chi connectivity index (χ4n) is 4.63. The molecule has 0 aliphatic heterocycles. The number of azo groups is 1. The largest absolute Gasteiger partial charge is 0.505 e. The van der Waals surface area contributed by atoms with Crippen molar-refractivity contribution in [3.05, 3.63) is 119 Å². The van der Waals surface area contributed by atoms with Crippen LogP contribution in [0.15, 0.2) is 107 Å². The molecule has 0 saturated carbocycles. The molecule has 0 aliphatic carbocycles. The number of phenolic OH excluding ortho intramolecular Hbond substituents is 1. The highest BCUT2D eigenvalue weighted by Gasteiger charge is 2.33. The molecule has 0 aliphatic rings. The Bertz CT molecular complexity index is 2010. The molecule has 0 saturated heterocycles. The lowest BCUT2D eigenvalue weighted by molar-refractivity contribution is -0.136. The second-order valence-electron chi connectivity index (χ2n) is 10.3. The number of nitrogens with one attached hydrogen (secondary N) is 3. The molecule has 3 amide bonds.